The summed E-state index contributed by atoms with van der Waals surface area (Å²) in [5.41, 5.74) is 0.653. The Labute approximate surface area is 107 Å². The summed E-state index contributed by atoms with van der Waals surface area (Å²) < 4.78 is 19.4. The molecule has 1 aliphatic carbocycles. The molecule has 3 rings (SSSR count). The minimum atomic E-state index is -0.539. The van der Waals surface area contributed by atoms with E-state index in [2.05, 4.69) is 13.8 Å². The van der Waals surface area contributed by atoms with Gasteiger partial charge in [-0.2, -0.15) is 0 Å². The lowest BCUT2D eigenvalue weighted by atomic mass is 9.83. The standard InChI is InChI=1S/C15H19FO2/c1-14(2)5-6-15(9-14)8-12(17)11-4-3-10(16)7-13(11)18-15/h3-4,7,12,17H,5-6,8-9H2,1-2H3/t12-,15?/m1/s1. The Balaban J connectivity index is 1.96. The smallest absolute Gasteiger partial charge is 0.128 e. The third-order valence-electron chi connectivity index (χ3n) is 4.28. The van der Waals surface area contributed by atoms with E-state index < -0.39 is 6.10 Å². The van der Waals surface area contributed by atoms with Gasteiger partial charge in [-0.3, -0.25) is 0 Å². The van der Waals surface area contributed by atoms with Crippen molar-refractivity contribution in [3.63, 3.8) is 0 Å². The van der Waals surface area contributed by atoms with Gasteiger partial charge in [-0.25, -0.2) is 4.39 Å². The molecule has 1 heterocycles. The van der Waals surface area contributed by atoms with Gasteiger partial charge in [0.2, 0.25) is 0 Å². The van der Waals surface area contributed by atoms with Crippen LogP contribution in [-0.2, 0) is 0 Å². The topological polar surface area (TPSA) is 29.5 Å². The molecule has 3 heteroatoms. The molecule has 18 heavy (non-hydrogen) atoms. The second-order valence-corrected chi connectivity index (χ2v) is 6.53. The summed E-state index contributed by atoms with van der Waals surface area (Å²) in [5.74, 6) is 0.210. The molecule has 1 fully saturated rings. The van der Waals surface area contributed by atoms with Gasteiger partial charge in [-0.05, 0) is 36.8 Å². The van der Waals surface area contributed by atoms with Crippen molar-refractivity contribution in [1.82, 2.24) is 0 Å². The SMILES string of the molecule is CC1(C)CCC2(C[C@@H](O)c3ccc(F)cc3O2)C1. The maximum atomic E-state index is 13.3. The van der Waals surface area contributed by atoms with E-state index in [1.807, 2.05) is 0 Å². The van der Waals surface area contributed by atoms with Crippen LogP contribution in [0.25, 0.3) is 0 Å². The molecule has 1 spiro atoms. The monoisotopic (exact) mass is 250 g/mol. The van der Waals surface area contributed by atoms with Crippen LogP contribution in [0.2, 0.25) is 0 Å². The van der Waals surface area contributed by atoms with Crippen molar-refractivity contribution >= 4 is 0 Å². The van der Waals surface area contributed by atoms with Gasteiger partial charge in [0.05, 0.1) is 6.10 Å². The highest BCUT2D eigenvalue weighted by Gasteiger charge is 2.49. The van der Waals surface area contributed by atoms with E-state index in [0.29, 0.717) is 17.7 Å². The molecule has 0 saturated heterocycles. The Morgan fingerprint density at radius 1 is 1.33 bits per heavy atom. The molecule has 2 atom stereocenters. The highest BCUT2D eigenvalue weighted by molar-refractivity contribution is 5.39. The maximum Gasteiger partial charge on any atom is 0.128 e. The number of halogens is 1. The van der Waals surface area contributed by atoms with Crippen LogP contribution in [0.15, 0.2) is 18.2 Å². The summed E-state index contributed by atoms with van der Waals surface area (Å²) in [6.45, 7) is 4.44. The van der Waals surface area contributed by atoms with E-state index in [0.717, 1.165) is 19.3 Å². The lowest BCUT2D eigenvalue weighted by Gasteiger charge is -2.39. The Hall–Kier alpha value is -1.09. The Morgan fingerprint density at radius 2 is 2.11 bits per heavy atom. The van der Waals surface area contributed by atoms with Crippen molar-refractivity contribution in [3.05, 3.63) is 29.6 Å². The van der Waals surface area contributed by atoms with Crippen LogP contribution in [0.4, 0.5) is 4.39 Å². The Morgan fingerprint density at radius 3 is 2.78 bits per heavy atom. The molecule has 1 saturated carbocycles. The predicted molar refractivity (Wildman–Crippen MR) is 67.0 cm³/mol. The van der Waals surface area contributed by atoms with Gasteiger partial charge in [-0.15, -0.1) is 0 Å². The van der Waals surface area contributed by atoms with Crippen LogP contribution in [0.1, 0.15) is 51.2 Å². The third-order valence-corrected chi connectivity index (χ3v) is 4.28. The fourth-order valence-corrected chi connectivity index (χ4v) is 3.49. The highest BCUT2D eigenvalue weighted by atomic mass is 19.1. The van der Waals surface area contributed by atoms with E-state index >= 15 is 0 Å². The molecular formula is C15H19FO2. The molecule has 1 aromatic rings. The van der Waals surface area contributed by atoms with Crippen molar-refractivity contribution in [2.45, 2.75) is 51.2 Å². The van der Waals surface area contributed by atoms with Crippen molar-refractivity contribution in [1.29, 1.82) is 0 Å². The van der Waals surface area contributed by atoms with Crippen LogP contribution in [0.3, 0.4) is 0 Å². The van der Waals surface area contributed by atoms with Gasteiger partial charge in [0.15, 0.2) is 0 Å². The maximum absolute atomic E-state index is 13.3. The largest absolute Gasteiger partial charge is 0.487 e. The number of benzene rings is 1. The summed E-state index contributed by atoms with van der Waals surface area (Å²) in [4.78, 5) is 0. The number of hydrogen-bond donors (Lipinski definition) is 1. The molecule has 98 valence electrons. The molecule has 0 aromatic heterocycles. The van der Waals surface area contributed by atoms with Crippen molar-refractivity contribution in [2.24, 2.45) is 5.41 Å². The number of aliphatic hydroxyl groups excluding tert-OH is 1. The van der Waals surface area contributed by atoms with Gasteiger partial charge < -0.3 is 9.84 Å². The van der Waals surface area contributed by atoms with Gasteiger partial charge in [-0.1, -0.05) is 13.8 Å². The minimum absolute atomic E-state index is 0.241. The van der Waals surface area contributed by atoms with Crippen LogP contribution < -0.4 is 4.74 Å². The van der Waals surface area contributed by atoms with Gasteiger partial charge in [0, 0.05) is 18.1 Å². The first-order chi connectivity index (χ1) is 8.39. The summed E-state index contributed by atoms with van der Waals surface area (Å²) in [7, 11) is 0. The quantitative estimate of drug-likeness (QED) is 0.762. The summed E-state index contributed by atoms with van der Waals surface area (Å²) >= 11 is 0. The Kier molecular flexibility index (Phi) is 2.46. The van der Waals surface area contributed by atoms with Crippen LogP contribution in [0, 0.1) is 11.2 Å². The molecule has 0 amide bonds. The summed E-state index contributed by atoms with van der Waals surface area (Å²) in [5, 5.41) is 10.2. The van der Waals surface area contributed by atoms with E-state index in [1.54, 1.807) is 6.07 Å². The normalized spacial score (nSPS) is 33.2. The summed E-state index contributed by atoms with van der Waals surface area (Å²) in [6.07, 6.45) is 3.03. The average molecular weight is 250 g/mol. The lowest BCUT2D eigenvalue weighted by Crippen LogP contribution is -2.39. The van der Waals surface area contributed by atoms with E-state index in [4.69, 9.17) is 4.74 Å². The molecular weight excluding hydrogens is 231 g/mol. The highest BCUT2D eigenvalue weighted by Crippen LogP contribution is 2.52. The first-order valence-electron chi connectivity index (χ1n) is 6.56. The van der Waals surface area contributed by atoms with Crippen LogP contribution >= 0.6 is 0 Å². The third kappa shape index (κ3) is 1.91. The molecule has 1 aromatic carbocycles. The molecule has 0 bridgehead atoms. The summed E-state index contributed by atoms with van der Waals surface area (Å²) in [6, 6.07) is 4.40. The molecule has 2 nitrogen and oxygen atoms in total. The number of hydrogen-bond acceptors (Lipinski definition) is 2. The number of rotatable bonds is 0. The van der Waals surface area contributed by atoms with Gasteiger partial charge in [0.1, 0.15) is 17.2 Å². The van der Waals surface area contributed by atoms with E-state index in [9.17, 15) is 9.50 Å². The second-order valence-electron chi connectivity index (χ2n) is 6.53. The van der Waals surface area contributed by atoms with E-state index in [1.165, 1.54) is 12.1 Å². The number of aliphatic hydroxyl groups is 1. The number of ether oxygens (including phenoxy) is 1. The van der Waals surface area contributed by atoms with Crippen LogP contribution in [0.5, 0.6) is 5.75 Å². The molecule has 1 unspecified atom stereocenters. The lowest BCUT2D eigenvalue weighted by molar-refractivity contribution is -0.0157. The molecule has 1 aliphatic heterocycles. The first-order valence-corrected chi connectivity index (χ1v) is 6.56. The van der Waals surface area contributed by atoms with E-state index in [-0.39, 0.29) is 16.8 Å². The van der Waals surface area contributed by atoms with Crippen LogP contribution in [-0.4, -0.2) is 10.7 Å². The fourth-order valence-electron chi connectivity index (χ4n) is 3.49. The molecule has 0 radical (unpaired) electrons. The minimum Gasteiger partial charge on any atom is -0.487 e. The van der Waals surface area contributed by atoms with Gasteiger partial charge >= 0.3 is 0 Å². The van der Waals surface area contributed by atoms with Crippen molar-refractivity contribution < 1.29 is 14.2 Å². The Bertz CT molecular complexity index is 483. The van der Waals surface area contributed by atoms with Crippen molar-refractivity contribution in [2.75, 3.05) is 0 Å². The molecule has 1 N–H and O–H groups in total. The zero-order valence-electron chi connectivity index (χ0n) is 10.9. The second kappa shape index (κ2) is 3.70. The zero-order chi connectivity index (χ0) is 13.0. The zero-order valence-corrected chi connectivity index (χ0v) is 10.9. The first kappa shape index (κ1) is 12.0. The number of fused-ring (bicyclic) bond motifs is 1. The predicted octanol–water partition coefficient (Wildman–Crippen LogP) is 3.59. The average Bonchev–Trinajstić information content (AvgIpc) is 2.53. The fraction of sp³-hybridized carbons (Fsp3) is 0.600. The molecule has 2 aliphatic rings. The van der Waals surface area contributed by atoms with Gasteiger partial charge in [0.25, 0.3) is 0 Å². The van der Waals surface area contributed by atoms with Crippen molar-refractivity contribution in [3.8, 4) is 5.75 Å².